The maximum atomic E-state index is 5.91. The van der Waals surface area contributed by atoms with Crippen LogP contribution in [0.25, 0.3) is 0 Å². The normalized spacial score (nSPS) is 26.8. The van der Waals surface area contributed by atoms with Gasteiger partial charge in [-0.2, -0.15) is 0 Å². The lowest BCUT2D eigenvalue weighted by Crippen LogP contribution is -3.00. The zero-order chi connectivity index (χ0) is 10.1. The highest BCUT2D eigenvalue weighted by Crippen LogP contribution is 2.19. The molecule has 0 aliphatic carbocycles. The first-order chi connectivity index (χ1) is 5.79. The fraction of sp³-hybridized carbons (Fsp3) is 1.00. The van der Waals surface area contributed by atoms with Crippen molar-refractivity contribution < 1.29 is 37.9 Å². The lowest BCUT2D eigenvalue weighted by atomic mass is 10.1. The van der Waals surface area contributed by atoms with Crippen LogP contribution in [0.3, 0.4) is 0 Å². The highest BCUT2D eigenvalue weighted by atomic mass is 127. The van der Waals surface area contributed by atoms with Crippen LogP contribution in [0.1, 0.15) is 13.8 Å². The minimum atomic E-state index is -0.113. The fourth-order valence-corrected chi connectivity index (χ4v) is 1.66. The third kappa shape index (κ3) is 5.48. The van der Waals surface area contributed by atoms with E-state index in [1.807, 2.05) is 0 Å². The smallest absolute Gasteiger partial charge is 0.130 e. The molecule has 0 N–H and O–H groups in total. The Labute approximate surface area is 104 Å². The molecule has 1 aliphatic heterocycles. The van der Waals surface area contributed by atoms with E-state index < -0.39 is 0 Å². The van der Waals surface area contributed by atoms with Gasteiger partial charge in [-0.05, 0) is 13.8 Å². The van der Waals surface area contributed by atoms with Gasteiger partial charge in [-0.3, -0.25) is 0 Å². The molecule has 0 spiro atoms. The second-order valence-corrected chi connectivity index (χ2v) is 5.49. The third-order valence-electron chi connectivity index (χ3n) is 1.99. The summed E-state index contributed by atoms with van der Waals surface area (Å²) in [5, 5.41) is 0. The van der Waals surface area contributed by atoms with Gasteiger partial charge in [-0.1, -0.05) is 0 Å². The van der Waals surface area contributed by atoms with E-state index in [4.69, 9.17) is 9.47 Å². The van der Waals surface area contributed by atoms with Crippen molar-refractivity contribution in [2.24, 2.45) is 0 Å². The van der Waals surface area contributed by atoms with Gasteiger partial charge in [0.15, 0.2) is 0 Å². The Kier molecular flexibility index (Phi) is 5.32. The van der Waals surface area contributed by atoms with Gasteiger partial charge in [0.25, 0.3) is 0 Å². The Morgan fingerprint density at radius 2 is 1.86 bits per heavy atom. The van der Waals surface area contributed by atoms with Gasteiger partial charge in [0.2, 0.25) is 0 Å². The summed E-state index contributed by atoms with van der Waals surface area (Å²) in [7, 11) is 6.51. The van der Waals surface area contributed by atoms with E-state index in [1.54, 1.807) is 0 Å². The minimum absolute atomic E-state index is 0. The number of nitrogens with zero attached hydrogens (tertiary/aromatic N) is 1. The van der Waals surface area contributed by atoms with Gasteiger partial charge in [-0.25, -0.2) is 0 Å². The number of hydrogen-bond acceptors (Lipinski definition) is 2. The molecule has 1 rings (SSSR count). The fourth-order valence-electron chi connectivity index (χ4n) is 1.66. The molecule has 0 amide bonds. The molecular formula is C10H22INO2. The van der Waals surface area contributed by atoms with Gasteiger partial charge >= 0.3 is 0 Å². The van der Waals surface area contributed by atoms with Gasteiger partial charge < -0.3 is 37.9 Å². The molecule has 0 bridgehead atoms. The monoisotopic (exact) mass is 315 g/mol. The van der Waals surface area contributed by atoms with Crippen LogP contribution in [-0.2, 0) is 9.47 Å². The topological polar surface area (TPSA) is 18.5 Å². The lowest BCUT2D eigenvalue weighted by Gasteiger charge is -2.38. The van der Waals surface area contributed by atoms with Crippen LogP contribution < -0.4 is 24.0 Å². The molecule has 0 unspecified atom stereocenters. The van der Waals surface area contributed by atoms with Gasteiger partial charge in [0.1, 0.15) is 12.6 Å². The number of likely N-dealkylation sites (N-methyl/N-ethyl adjacent to an activating group) is 1. The Morgan fingerprint density at radius 3 is 2.29 bits per heavy atom. The molecular weight excluding hydrogens is 293 g/mol. The van der Waals surface area contributed by atoms with E-state index in [2.05, 4.69) is 35.0 Å². The van der Waals surface area contributed by atoms with Crippen LogP contribution >= 0.6 is 0 Å². The molecule has 0 aromatic heterocycles. The molecule has 86 valence electrons. The van der Waals surface area contributed by atoms with Crippen molar-refractivity contribution in [1.82, 2.24) is 0 Å². The van der Waals surface area contributed by atoms with Crippen LogP contribution in [0.2, 0.25) is 0 Å². The molecule has 1 aliphatic rings. The summed E-state index contributed by atoms with van der Waals surface area (Å²) in [6.07, 6.45) is 0.240. The molecule has 0 radical (unpaired) electrons. The van der Waals surface area contributed by atoms with Crippen LogP contribution in [-0.4, -0.2) is 57.1 Å². The number of rotatable bonds is 2. The summed E-state index contributed by atoms with van der Waals surface area (Å²) in [6, 6.07) is 0. The molecule has 1 saturated heterocycles. The van der Waals surface area contributed by atoms with Crippen molar-refractivity contribution in [3.63, 3.8) is 0 Å². The van der Waals surface area contributed by atoms with Crippen molar-refractivity contribution in [2.45, 2.75) is 25.6 Å². The summed E-state index contributed by atoms with van der Waals surface area (Å²) < 4.78 is 12.3. The van der Waals surface area contributed by atoms with Gasteiger partial charge in [0, 0.05) is 0 Å². The molecule has 1 fully saturated rings. The Morgan fingerprint density at radius 1 is 1.29 bits per heavy atom. The zero-order valence-corrected chi connectivity index (χ0v) is 12.0. The highest BCUT2D eigenvalue weighted by molar-refractivity contribution is 4.75. The Balaban J connectivity index is 0.00000169. The van der Waals surface area contributed by atoms with E-state index in [-0.39, 0.29) is 35.7 Å². The SMILES string of the molecule is CC1(C)COC[C@@H](C[N+](C)(C)C)O1.[I-]. The third-order valence-corrected chi connectivity index (χ3v) is 1.99. The van der Waals surface area contributed by atoms with E-state index in [9.17, 15) is 0 Å². The summed E-state index contributed by atoms with van der Waals surface area (Å²) >= 11 is 0. The van der Waals surface area contributed by atoms with E-state index in [0.717, 1.165) is 17.6 Å². The zero-order valence-electron chi connectivity index (χ0n) is 9.84. The molecule has 1 heterocycles. The van der Waals surface area contributed by atoms with Crippen molar-refractivity contribution in [2.75, 3.05) is 40.9 Å². The maximum absolute atomic E-state index is 5.91. The molecule has 3 nitrogen and oxygen atoms in total. The average molecular weight is 315 g/mol. The van der Waals surface area contributed by atoms with Crippen LogP contribution in [0.15, 0.2) is 0 Å². The molecule has 4 heteroatoms. The Bertz CT molecular complexity index is 175. The highest BCUT2D eigenvalue weighted by Gasteiger charge is 2.32. The van der Waals surface area contributed by atoms with Crippen LogP contribution in [0.5, 0.6) is 0 Å². The van der Waals surface area contributed by atoms with Gasteiger partial charge in [0.05, 0.1) is 40.0 Å². The second kappa shape index (κ2) is 5.09. The van der Waals surface area contributed by atoms with Crippen LogP contribution in [0, 0.1) is 0 Å². The van der Waals surface area contributed by atoms with Gasteiger partial charge in [-0.15, -0.1) is 0 Å². The quantitative estimate of drug-likeness (QED) is 0.429. The summed E-state index contributed by atoms with van der Waals surface area (Å²) in [4.78, 5) is 0. The number of hydrogen-bond donors (Lipinski definition) is 0. The summed E-state index contributed by atoms with van der Waals surface area (Å²) in [5.74, 6) is 0. The molecule has 0 aromatic carbocycles. The molecule has 0 aromatic rings. The molecule has 14 heavy (non-hydrogen) atoms. The first-order valence-corrected chi connectivity index (χ1v) is 4.85. The predicted molar refractivity (Wildman–Crippen MR) is 52.7 cm³/mol. The van der Waals surface area contributed by atoms with E-state index >= 15 is 0 Å². The first kappa shape index (κ1) is 14.6. The van der Waals surface area contributed by atoms with E-state index in [1.165, 1.54) is 0 Å². The van der Waals surface area contributed by atoms with Crippen molar-refractivity contribution in [3.05, 3.63) is 0 Å². The molecule has 0 saturated carbocycles. The first-order valence-electron chi connectivity index (χ1n) is 4.85. The largest absolute Gasteiger partial charge is 1.00 e. The lowest BCUT2D eigenvalue weighted by molar-refractivity contribution is -0.874. The second-order valence-electron chi connectivity index (χ2n) is 5.49. The predicted octanol–water partition coefficient (Wildman–Crippen LogP) is -2.11. The van der Waals surface area contributed by atoms with Crippen molar-refractivity contribution in [1.29, 1.82) is 0 Å². The standard InChI is InChI=1S/C10H22NO2.HI/c1-10(2)8-12-7-9(13-10)6-11(3,4)5;/h9H,6-8H2,1-5H3;1H/q+1;/p-1/t9-;/m1./s1. The van der Waals surface area contributed by atoms with Crippen LogP contribution in [0.4, 0.5) is 0 Å². The van der Waals surface area contributed by atoms with E-state index in [0.29, 0.717) is 6.61 Å². The maximum Gasteiger partial charge on any atom is 0.130 e. The number of quaternary nitrogens is 1. The number of halogens is 1. The average Bonchev–Trinajstić information content (AvgIpc) is 1.79. The summed E-state index contributed by atoms with van der Waals surface area (Å²) in [6.45, 7) is 6.60. The number of ether oxygens (including phenoxy) is 2. The minimum Gasteiger partial charge on any atom is -1.00 e. The Hall–Kier alpha value is 0.610. The summed E-state index contributed by atoms with van der Waals surface area (Å²) in [5.41, 5.74) is -0.113. The molecule has 1 atom stereocenters. The van der Waals surface area contributed by atoms with Crippen molar-refractivity contribution in [3.8, 4) is 0 Å². The van der Waals surface area contributed by atoms with Crippen molar-refractivity contribution >= 4 is 0 Å².